The number of para-hydroxylation sites is 2. The first-order valence-corrected chi connectivity index (χ1v) is 9.84. The molecule has 166 valence electrons. The Hall–Kier alpha value is -3.82. The van der Waals surface area contributed by atoms with Crippen molar-refractivity contribution >= 4 is 23.0 Å². The van der Waals surface area contributed by atoms with Crippen molar-refractivity contribution in [2.75, 3.05) is 6.61 Å². The van der Waals surface area contributed by atoms with Gasteiger partial charge < -0.3 is 19.9 Å². The second-order valence-electron chi connectivity index (χ2n) is 7.06. The normalized spacial score (nSPS) is 16.6. The van der Waals surface area contributed by atoms with Gasteiger partial charge in [-0.1, -0.05) is 42.5 Å². The smallest absolute Gasteiger partial charge is 0.449 e. The molecule has 10 heteroatoms. The third kappa shape index (κ3) is 4.03. The Kier molecular flexibility index (Phi) is 5.60. The maximum Gasteiger partial charge on any atom is 0.449 e. The zero-order valence-electron chi connectivity index (χ0n) is 16.9. The molecule has 0 spiro atoms. The van der Waals surface area contributed by atoms with Crippen LogP contribution in [-0.4, -0.2) is 28.2 Å². The van der Waals surface area contributed by atoms with Crippen molar-refractivity contribution in [3.63, 3.8) is 0 Å². The highest BCUT2D eigenvalue weighted by atomic mass is 19.4. The summed E-state index contributed by atoms with van der Waals surface area (Å²) >= 11 is 0. The minimum Gasteiger partial charge on any atom is -0.463 e. The van der Waals surface area contributed by atoms with E-state index in [4.69, 9.17) is 4.74 Å². The number of rotatable bonds is 5. The van der Waals surface area contributed by atoms with E-state index in [2.05, 4.69) is 15.6 Å². The van der Waals surface area contributed by atoms with Gasteiger partial charge in [-0.3, -0.25) is 0 Å². The van der Waals surface area contributed by atoms with Gasteiger partial charge in [-0.05, 0) is 24.6 Å². The lowest BCUT2D eigenvalue weighted by Gasteiger charge is -2.30. The van der Waals surface area contributed by atoms with Crippen molar-refractivity contribution in [3.05, 3.63) is 77.3 Å². The Morgan fingerprint density at radius 3 is 2.50 bits per heavy atom. The molecule has 1 unspecified atom stereocenters. The summed E-state index contributed by atoms with van der Waals surface area (Å²) in [5.41, 5.74) is 1.00. The SMILES string of the molecule is CCOC(=O)C1=C(Cn2c(C(F)(F)F)nc3ccccc32)NC(=O)NC1c1ccccc1. The molecule has 1 aliphatic rings. The summed E-state index contributed by atoms with van der Waals surface area (Å²) < 4.78 is 47.3. The molecule has 1 aromatic heterocycles. The lowest BCUT2D eigenvalue weighted by molar-refractivity contribution is -0.146. The van der Waals surface area contributed by atoms with Crippen LogP contribution in [0.25, 0.3) is 11.0 Å². The number of alkyl halides is 3. The Bertz CT molecular complexity index is 1200. The third-order valence-corrected chi connectivity index (χ3v) is 5.01. The number of imidazole rings is 1. The number of amides is 2. The first kappa shape index (κ1) is 21.4. The number of hydrogen-bond donors (Lipinski definition) is 2. The monoisotopic (exact) mass is 444 g/mol. The van der Waals surface area contributed by atoms with Gasteiger partial charge in [0, 0.05) is 0 Å². The Morgan fingerprint density at radius 1 is 1.12 bits per heavy atom. The second-order valence-corrected chi connectivity index (χ2v) is 7.06. The van der Waals surface area contributed by atoms with E-state index in [-0.39, 0.29) is 28.9 Å². The maximum absolute atomic E-state index is 13.7. The number of hydrogen-bond acceptors (Lipinski definition) is 4. The van der Waals surface area contributed by atoms with Crippen LogP contribution in [0.4, 0.5) is 18.0 Å². The van der Waals surface area contributed by atoms with Crippen LogP contribution < -0.4 is 10.6 Å². The van der Waals surface area contributed by atoms with Crippen molar-refractivity contribution in [2.24, 2.45) is 0 Å². The van der Waals surface area contributed by atoms with E-state index in [0.29, 0.717) is 5.56 Å². The third-order valence-electron chi connectivity index (χ3n) is 5.01. The standard InChI is InChI=1S/C22H19F3N4O3/c1-2-32-19(30)17-15(27-21(31)28-18(17)13-8-4-3-5-9-13)12-29-16-11-7-6-10-14(16)26-20(29)22(23,24)25/h3-11,18H,2,12H2,1H3,(H2,27,28,31). The fraction of sp³-hybridized carbons (Fsp3) is 0.227. The number of benzene rings is 2. The topological polar surface area (TPSA) is 85.2 Å². The Morgan fingerprint density at radius 2 is 1.81 bits per heavy atom. The zero-order valence-corrected chi connectivity index (χ0v) is 16.9. The van der Waals surface area contributed by atoms with Gasteiger partial charge in [0.25, 0.3) is 0 Å². The predicted octanol–water partition coefficient (Wildman–Crippen LogP) is 3.93. The average molecular weight is 444 g/mol. The molecule has 0 radical (unpaired) electrons. The minimum atomic E-state index is -4.74. The van der Waals surface area contributed by atoms with E-state index in [1.807, 2.05) is 0 Å². The molecule has 2 N–H and O–H groups in total. The van der Waals surface area contributed by atoms with Gasteiger partial charge in [0.15, 0.2) is 0 Å². The number of ether oxygens (including phenoxy) is 1. The number of nitrogens with one attached hydrogen (secondary N) is 2. The summed E-state index contributed by atoms with van der Waals surface area (Å²) in [7, 11) is 0. The minimum absolute atomic E-state index is 0.00899. The largest absolute Gasteiger partial charge is 0.463 e. The average Bonchev–Trinajstić information content (AvgIpc) is 3.13. The molecular formula is C22H19F3N4O3. The van der Waals surface area contributed by atoms with Crippen LogP contribution in [0, 0.1) is 0 Å². The van der Waals surface area contributed by atoms with Gasteiger partial charge in [0.2, 0.25) is 5.82 Å². The molecule has 0 aliphatic carbocycles. The van der Waals surface area contributed by atoms with E-state index in [1.165, 1.54) is 12.1 Å². The van der Waals surface area contributed by atoms with Crippen molar-refractivity contribution in [2.45, 2.75) is 25.7 Å². The van der Waals surface area contributed by atoms with E-state index < -0.39 is 36.6 Å². The molecular weight excluding hydrogens is 425 g/mol. The number of carbonyl (C=O) groups excluding carboxylic acids is 2. The molecule has 2 aromatic carbocycles. The van der Waals surface area contributed by atoms with Gasteiger partial charge in [-0.25, -0.2) is 14.6 Å². The van der Waals surface area contributed by atoms with E-state index in [1.54, 1.807) is 49.4 Å². The Balaban J connectivity index is 1.89. The van der Waals surface area contributed by atoms with E-state index >= 15 is 0 Å². The number of carbonyl (C=O) groups is 2. The van der Waals surface area contributed by atoms with Gasteiger partial charge in [-0.15, -0.1) is 0 Å². The molecule has 1 aliphatic heterocycles. The number of allylic oxidation sites excluding steroid dienone is 1. The van der Waals surface area contributed by atoms with Crippen molar-refractivity contribution < 1.29 is 27.5 Å². The molecule has 7 nitrogen and oxygen atoms in total. The van der Waals surface area contributed by atoms with Crippen molar-refractivity contribution in [1.29, 1.82) is 0 Å². The lowest BCUT2D eigenvalue weighted by Crippen LogP contribution is -2.47. The fourth-order valence-corrected chi connectivity index (χ4v) is 3.70. The van der Waals surface area contributed by atoms with Crippen LogP contribution in [0.15, 0.2) is 65.9 Å². The quantitative estimate of drug-likeness (QED) is 0.584. The van der Waals surface area contributed by atoms with Crippen LogP contribution in [0.2, 0.25) is 0 Å². The van der Waals surface area contributed by atoms with Gasteiger partial charge in [0.05, 0.1) is 41.5 Å². The van der Waals surface area contributed by atoms with E-state index in [9.17, 15) is 22.8 Å². The molecule has 32 heavy (non-hydrogen) atoms. The summed E-state index contributed by atoms with van der Waals surface area (Å²) in [4.78, 5) is 29.0. The molecule has 1 atom stereocenters. The van der Waals surface area contributed by atoms with Crippen LogP contribution in [0.5, 0.6) is 0 Å². The highest BCUT2D eigenvalue weighted by Crippen LogP contribution is 2.34. The molecule has 0 saturated carbocycles. The Labute approximate surface area is 180 Å². The number of nitrogens with zero attached hydrogens (tertiary/aromatic N) is 2. The molecule has 0 fully saturated rings. The lowest BCUT2D eigenvalue weighted by atomic mass is 9.95. The second kappa shape index (κ2) is 8.37. The molecule has 0 saturated heterocycles. The van der Waals surface area contributed by atoms with Gasteiger partial charge in [-0.2, -0.15) is 13.2 Å². The first-order valence-electron chi connectivity index (χ1n) is 9.84. The van der Waals surface area contributed by atoms with Crippen LogP contribution in [0.1, 0.15) is 24.4 Å². The molecule has 2 amide bonds. The van der Waals surface area contributed by atoms with Crippen molar-refractivity contribution in [3.8, 4) is 0 Å². The summed E-state index contributed by atoms with van der Waals surface area (Å²) in [5, 5.41) is 5.16. The van der Waals surface area contributed by atoms with Gasteiger partial charge in [0.1, 0.15) is 0 Å². The highest BCUT2D eigenvalue weighted by molar-refractivity contribution is 5.95. The number of fused-ring (bicyclic) bond motifs is 1. The number of aromatic nitrogens is 2. The van der Waals surface area contributed by atoms with E-state index in [0.717, 1.165) is 4.57 Å². The number of urea groups is 1. The highest BCUT2D eigenvalue weighted by Gasteiger charge is 2.39. The van der Waals surface area contributed by atoms with Crippen molar-refractivity contribution in [1.82, 2.24) is 20.2 Å². The van der Waals surface area contributed by atoms with Crippen LogP contribution in [-0.2, 0) is 22.3 Å². The fourth-order valence-electron chi connectivity index (χ4n) is 3.70. The predicted molar refractivity (Wildman–Crippen MR) is 109 cm³/mol. The molecule has 0 bridgehead atoms. The van der Waals surface area contributed by atoms with Crippen LogP contribution in [0.3, 0.4) is 0 Å². The number of halogens is 3. The molecule has 2 heterocycles. The van der Waals surface area contributed by atoms with Gasteiger partial charge >= 0.3 is 18.2 Å². The maximum atomic E-state index is 13.7. The summed E-state index contributed by atoms with van der Waals surface area (Å²) in [6.45, 7) is 1.25. The summed E-state index contributed by atoms with van der Waals surface area (Å²) in [6, 6.07) is 13.3. The number of esters is 1. The first-order chi connectivity index (χ1) is 15.3. The molecule has 4 rings (SSSR count). The summed E-state index contributed by atoms with van der Waals surface area (Å²) in [6.07, 6.45) is -4.74. The molecule has 3 aromatic rings. The van der Waals surface area contributed by atoms with Crippen LogP contribution >= 0.6 is 0 Å². The zero-order chi connectivity index (χ0) is 22.9. The summed E-state index contributed by atoms with van der Waals surface area (Å²) in [5.74, 6) is -1.86.